The molecule has 8 nitrogen and oxygen atoms in total. The third-order valence-electron chi connectivity index (χ3n) is 6.11. The van der Waals surface area contributed by atoms with Gasteiger partial charge in [-0.05, 0) is 30.7 Å². The fourth-order valence-electron chi connectivity index (χ4n) is 4.43. The van der Waals surface area contributed by atoms with Gasteiger partial charge in [-0.2, -0.15) is 13.2 Å². The number of amides is 1. The Hall–Kier alpha value is -4.41. The average molecular weight is 495 g/mol. The summed E-state index contributed by atoms with van der Waals surface area (Å²) in [6.07, 6.45) is -2.21. The second kappa shape index (κ2) is 8.99. The number of benzene rings is 2. The molecule has 184 valence electrons. The molecule has 3 aromatic heterocycles. The molecule has 0 atom stereocenters. The van der Waals surface area contributed by atoms with Gasteiger partial charge in [0, 0.05) is 12.3 Å². The van der Waals surface area contributed by atoms with E-state index in [9.17, 15) is 18.0 Å². The number of aromatic nitrogens is 5. The SMILES string of the molecule is CCn1c(CN(C=O)c2nc3cc[nH]c3nc2N)[n+](Cc2ccccc2)c2ccc(C(F)(F)F)cc21. The third kappa shape index (κ3) is 4.12. The lowest BCUT2D eigenvalue weighted by molar-refractivity contribution is -0.671. The molecule has 36 heavy (non-hydrogen) atoms. The molecule has 0 aliphatic carbocycles. The van der Waals surface area contributed by atoms with Crippen LogP contribution < -0.4 is 15.2 Å². The first-order valence-electron chi connectivity index (χ1n) is 11.3. The Bertz CT molecular complexity index is 1560. The number of nitrogen functional groups attached to an aromatic ring is 1. The Morgan fingerprint density at radius 1 is 1.14 bits per heavy atom. The van der Waals surface area contributed by atoms with Gasteiger partial charge in [-0.25, -0.2) is 19.1 Å². The highest BCUT2D eigenvalue weighted by molar-refractivity contribution is 5.84. The van der Waals surface area contributed by atoms with Crippen molar-refractivity contribution in [2.45, 2.75) is 32.7 Å². The van der Waals surface area contributed by atoms with Crippen LogP contribution in [0.3, 0.4) is 0 Å². The second-order valence-electron chi connectivity index (χ2n) is 8.31. The molecule has 11 heteroatoms. The zero-order valence-corrected chi connectivity index (χ0v) is 19.3. The predicted molar refractivity (Wildman–Crippen MR) is 129 cm³/mol. The molecule has 2 aromatic carbocycles. The number of nitrogens with two attached hydrogens (primary N) is 1. The summed E-state index contributed by atoms with van der Waals surface area (Å²) in [4.78, 5) is 25.2. The van der Waals surface area contributed by atoms with E-state index < -0.39 is 11.7 Å². The topological polar surface area (TPSA) is 96.7 Å². The number of alkyl halides is 3. The van der Waals surface area contributed by atoms with Crippen molar-refractivity contribution in [2.75, 3.05) is 10.6 Å². The average Bonchev–Trinajstić information content (AvgIpc) is 3.43. The molecule has 0 saturated carbocycles. The lowest BCUT2D eigenvalue weighted by Crippen LogP contribution is -2.42. The van der Waals surface area contributed by atoms with Gasteiger partial charge in [0.05, 0.1) is 12.1 Å². The van der Waals surface area contributed by atoms with Gasteiger partial charge in [0.2, 0.25) is 6.41 Å². The normalized spacial score (nSPS) is 11.9. The van der Waals surface area contributed by atoms with E-state index in [0.29, 0.717) is 47.5 Å². The highest BCUT2D eigenvalue weighted by Crippen LogP contribution is 2.32. The number of carbonyl (C=O) groups is 1. The summed E-state index contributed by atoms with van der Waals surface area (Å²) in [5, 5.41) is 0. The number of H-pyrrole nitrogens is 1. The third-order valence-corrected chi connectivity index (χ3v) is 6.11. The zero-order valence-electron chi connectivity index (χ0n) is 19.3. The van der Waals surface area contributed by atoms with Gasteiger partial charge < -0.3 is 10.7 Å². The van der Waals surface area contributed by atoms with Crippen LogP contribution in [0.15, 0.2) is 60.8 Å². The summed E-state index contributed by atoms with van der Waals surface area (Å²) < 4.78 is 44.3. The second-order valence-corrected chi connectivity index (χ2v) is 8.31. The maximum absolute atomic E-state index is 13.5. The highest BCUT2D eigenvalue weighted by atomic mass is 19.4. The van der Waals surface area contributed by atoms with E-state index in [0.717, 1.165) is 17.7 Å². The van der Waals surface area contributed by atoms with Crippen LogP contribution in [0, 0.1) is 0 Å². The molecule has 3 N–H and O–H groups in total. The smallest absolute Gasteiger partial charge is 0.381 e. The van der Waals surface area contributed by atoms with E-state index in [-0.39, 0.29) is 18.2 Å². The maximum Gasteiger partial charge on any atom is 0.416 e. The number of nitrogens with one attached hydrogen (secondary N) is 1. The molecule has 0 saturated heterocycles. The van der Waals surface area contributed by atoms with E-state index in [4.69, 9.17) is 5.73 Å². The standard InChI is InChI=1S/C25H23F3N7O/c1-2-34-20-12-17(25(26,27)28)8-9-19(20)35(13-16-6-4-3-5-7-16)21(34)14-33(15-36)24-22(29)32-23-18(31-24)10-11-30-23/h3-12,15H,2,13-14H2,1H3,(H3,29,30,32)/q+1. The Kier molecular flexibility index (Phi) is 5.83. The van der Waals surface area contributed by atoms with Gasteiger partial charge >= 0.3 is 6.18 Å². The number of carbonyl (C=O) groups excluding carboxylic acids is 1. The Morgan fingerprint density at radius 2 is 1.92 bits per heavy atom. The summed E-state index contributed by atoms with van der Waals surface area (Å²) >= 11 is 0. The molecule has 5 aromatic rings. The van der Waals surface area contributed by atoms with E-state index in [2.05, 4.69) is 15.0 Å². The zero-order chi connectivity index (χ0) is 25.4. The number of hydrogen-bond donors (Lipinski definition) is 2. The number of aryl methyl sites for hydroxylation is 1. The summed E-state index contributed by atoms with van der Waals surface area (Å²) in [6.45, 7) is 2.66. The first-order chi connectivity index (χ1) is 17.3. The lowest BCUT2D eigenvalue weighted by Gasteiger charge is -2.17. The van der Waals surface area contributed by atoms with Crippen LogP contribution in [0.5, 0.6) is 0 Å². The molecule has 1 amide bonds. The quantitative estimate of drug-likeness (QED) is 0.264. The minimum Gasteiger partial charge on any atom is -0.381 e. The minimum absolute atomic E-state index is 0.0228. The number of aromatic amines is 1. The van der Waals surface area contributed by atoms with Crippen LogP contribution in [0.2, 0.25) is 0 Å². The summed E-state index contributed by atoms with van der Waals surface area (Å²) in [7, 11) is 0. The van der Waals surface area contributed by atoms with Crippen molar-refractivity contribution in [1.82, 2.24) is 19.5 Å². The number of halogens is 3. The highest BCUT2D eigenvalue weighted by Gasteiger charge is 2.34. The van der Waals surface area contributed by atoms with E-state index >= 15 is 0 Å². The van der Waals surface area contributed by atoms with Gasteiger partial charge in [-0.1, -0.05) is 30.3 Å². The number of rotatable bonds is 7. The van der Waals surface area contributed by atoms with Crippen LogP contribution in [0.4, 0.5) is 24.8 Å². The molecule has 0 bridgehead atoms. The molecule has 0 spiro atoms. The monoisotopic (exact) mass is 494 g/mol. The fourth-order valence-corrected chi connectivity index (χ4v) is 4.43. The predicted octanol–water partition coefficient (Wildman–Crippen LogP) is 4.03. The summed E-state index contributed by atoms with van der Waals surface area (Å²) in [5.41, 5.74) is 8.41. The number of fused-ring (bicyclic) bond motifs is 2. The molecule has 0 aliphatic heterocycles. The lowest BCUT2D eigenvalue weighted by atomic mass is 10.2. The van der Waals surface area contributed by atoms with Crippen LogP contribution >= 0.6 is 0 Å². The van der Waals surface area contributed by atoms with Crippen LogP contribution in [0.1, 0.15) is 23.9 Å². The maximum atomic E-state index is 13.5. The van der Waals surface area contributed by atoms with Crippen molar-refractivity contribution in [1.29, 1.82) is 0 Å². The number of nitrogens with zero attached hydrogens (tertiary/aromatic N) is 5. The van der Waals surface area contributed by atoms with Gasteiger partial charge in [-0.15, -0.1) is 0 Å². The molecule has 0 unspecified atom stereocenters. The van der Waals surface area contributed by atoms with E-state index in [1.165, 1.54) is 11.0 Å². The van der Waals surface area contributed by atoms with Crippen molar-refractivity contribution in [3.05, 3.63) is 77.7 Å². The van der Waals surface area contributed by atoms with Gasteiger partial charge in [-0.3, -0.25) is 9.69 Å². The number of anilines is 2. The summed E-state index contributed by atoms with van der Waals surface area (Å²) in [5.74, 6) is 0.857. The first-order valence-corrected chi connectivity index (χ1v) is 11.3. The van der Waals surface area contributed by atoms with Crippen LogP contribution in [-0.4, -0.2) is 25.9 Å². The van der Waals surface area contributed by atoms with E-state index in [1.807, 2.05) is 41.8 Å². The van der Waals surface area contributed by atoms with Crippen molar-refractivity contribution in [3.63, 3.8) is 0 Å². The molecule has 0 fully saturated rings. The first kappa shape index (κ1) is 23.3. The van der Waals surface area contributed by atoms with Crippen LogP contribution in [-0.2, 0) is 30.6 Å². The number of hydrogen-bond acceptors (Lipinski definition) is 4. The van der Waals surface area contributed by atoms with Crippen molar-refractivity contribution in [2.24, 2.45) is 0 Å². The molecule has 0 radical (unpaired) electrons. The van der Waals surface area contributed by atoms with Gasteiger partial charge in [0.1, 0.15) is 18.6 Å². The van der Waals surface area contributed by atoms with Gasteiger partial charge in [0.25, 0.3) is 5.82 Å². The fraction of sp³-hybridized carbons (Fsp3) is 0.200. The molecule has 0 aliphatic rings. The van der Waals surface area contributed by atoms with Crippen molar-refractivity contribution >= 4 is 40.2 Å². The van der Waals surface area contributed by atoms with Crippen molar-refractivity contribution < 1.29 is 22.5 Å². The minimum atomic E-state index is -4.48. The summed E-state index contributed by atoms with van der Waals surface area (Å²) in [6, 6.07) is 15.0. The van der Waals surface area contributed by atoms with Gasteiger partial charge in [0.15, 0.2) is 28.3 Å². The van der Waals surface area contributed by atoms with Crippen molar-refractivity contribution in [3.8, 4) is 0 Å². The Balaban J connectivity index is 1.68. The molecule has 5 rings (SSSR count). The number of imidazole rings is 1. The molecular formula is C25H23F3N7O+. The van der Waals surface area contributed by atoms with E-state index in [1.54, 1.807) is 16.8 Å². The Labute approximate surface area is 203 Å². The largest absolute Gasteiger partial charge is 0.416 e. The molecule has 3 heterocycles. The molecular weight excluding hydrogens is 471 g/mol. The van der Waals surface area contributed by atoms with Crippen LogP contribution in [0.25, 0.3) is 22.2 Å². The Morgan fingerprint density at radius 3 is 2.61 bits per heavy atom.